The highest BCUT2D eigenvalue weighted by Crippen LogP contribution is 2.54. The lowest BCUT2D eigenvalue weighted by Gasteiger charge is -2.57. The number of hydrogen-bond donors (Lipinski definition) is 1. The molecule has 3 rings (SSSR count). The minimum absolute atomic E-state index is 0.187. The summed E-state index contributed by atoms with van der Waals surface area (Å²) < 4.78 is 0. The fraction of sp³-hybridized carbons (Fsp3) is 0.889. The van der Waals surface area contributed by atoms with Gasteiger partial charge >= 0.3 is 6.09 Å². The van der Waals surface area contributed by atoms with Gasteiger partial charge in [0.2, 0.25) is 5.91 Å². The van der Waals surface area contributed by atoms with E-state index in [0.29, 0.717) is 31.1 Å². The molecule has 1 spiro atoms. The van der Waals surface area contributed by atoms with E-state index in [1.165, 1.54) is 0 Å². The zero-order chi connectivity index (χ0) is 17.5. The van der Waals surface area contributed by atoms with E-state index in [9.17, 15) is 14.7 Å². The Hall–Kier alpha value is -1.30. The van der Waals surface area contributed by atoms with Crippen LogP contribution in [0.25, 0.3) is 0 Å². The predicted octanol–water partition coefficient (Wildman–Crippen LogP) is 2.10. The molecule has 2 saturated heterocycles. The third kappa shape index (κ3) is 2.89. The van der Waals surface area contributed by atoms with Crippen molar-refractivity contribution < 1.29 is 14.7 Å². The maximum Gasteiger partial charge on any atom is 0.407 e. The molecule has 1 aliphatic carbocycles. The zero-order valence-electron chi connectivity index (χ0n) is 15.2. The Balaban J connectivity index is 1.52. The van der Waals surface area contributed by atoms with E-state index >= 15 is 0 Å². The molecule has 6 nitrogen and oxygen atoms in total. The van der Waals surface area contributed by atoms with Crippen molar-refractivity contribution in [3.05, 3.63) is 0 Å². The molecule has 0 bridgehead atoms. The molecule has 0 radical (unpaired) electrons. The monoisotopic (exact) mass is 337 g/mol. The Morgan fingerprint density at radius 3 is 2.38 bits per heavy atom. The maximum atomic E-state index is 11.7. The number of rotatable bonds is 3. The van der Waals surface area contributed by atoms with Gasteiger partial charge in [-0.1, -0.05) is 6.92 Å². The summed E-state index contributed by atoms with van der Waals surface area (Å²) in [6, 6.07) is 0.981. The molecule has 3 unspecified atom stereocenters. The molecule has 0 aromatic heterocycles. The van der Waals surface area contributed by atoms with Gasteiger partial charge in [0.1, 0.15) is 0 Å². The molecular weight excluding hydrogens is 306 g/mol. The zero-order valence-corrected chi connectivity index (χ0v) is 15.2. The van der Waals surface area contributed by atoms with E-state index in [1.54, 1.807) is 11.8 Å². The summed E-state index contributed by atoms with van der Waals surface area (Å²) in [5.41, 5.74) is 0.217. The topological polar surface area (TPSA) is 64.1 Å². The van der Waals surface area contributed by atoms with Gasteiger partial charge in [-0.25, -0.2) is 4.79 Å². The number of carboxylic acid groups (broad SMARTS) is 1. The lowest BCUT2D eigenvalue weighted by atomic mass is 9.56. The molecule has 3 fully saturated rings. The van der Waals surface area contributed by atoms with Crippen LogP contribution < -0.4 is 0 Å². The van der Waals surface area contributed by atoms with Crippen LogP contribution in [0.15, 0.2) is 0 Å². The van der Waals surface area contributed by atoms with Gasteiger partial charge in [0.05, 0.1) is 0 Å². The fourth-order valence-electron chi connectivity index (χ4n) is 5.34. The number of piperidine rings is 1. The van der Waals surface area contributed by atoms with Gasteiger partial charge in [0.15, 0.2) is 0 Å². The predicted molar refractivity (Wildman–Crippen MR) is 91.9 cm³/mol. The van der Waals surface area contributed by atoms with Crippen molar-refractivity contribution in [2.45, 2.75) is 58.5 Å². The highest BCUT2D eigenvalue weighted by molar-refractivity contribution is 5.73. The Labute approximate surface area is 144 Å². The Morgan fingerprint density at radius 1 is 1.25 bits per heavy atom. The van der Waals surface area contributed by atoms with Crippen LogP contribution in [0.2, 0.25) is 0 Å². The lowest BCUT2D eigenvalue weighted by Crippen LogP contribution is -2.61. The molecule has 1 saturated carbocycles. The van der Waals surface area contributed by atoms with Crippen LogP contribution in [0.4, 0.5) is 4.79 Å². The molecule has 0 aromatic carbocycles. The first-order valence-corrected chi connectivity index (χ1v) is 9.37. The van der Waals surface area contributed by atoms with E-state index in [0.717, 1.165) is 45.3 Å². The van der Waals surface area contributed by atoms with Gasteiger partial charge in [0, 0.05) is 51.7 Å². The molecule has 3 aliphatic rings. The van der Waals surface area contributed by atoms with E-state index < -0.39 is 6.09 Å². The number of carbonyl (C=O) groups is 2. The smallest absolute Gasteiger partial charge is 0.407 e. The number of likely N-dealkylation sites (tertiary alicyclic amines) is 2. The SMILES string of the molecule is CCN(C(C)=O)C1CCN(C2CC3(CCN(C(=O)O)C3)C2C)CC1. The van der Waals surface area contributed by atoms with E-state index in [2.05, 4.69) is 18.7 Å². The van der Waals surface area contributed by atoms with Crippen LogP contribution in [0.1, 0.15) is 46.5 Å². The average molecular weight is 337 g/mol. The van der Waals surface area contributed by atoms with Gasteiger partial charge in [-0.05, 0) is 43.9 Å². The molecule has 1 N–H and O–H groups in total. The Kier molecular flexibility index (Phi) is 4.78. The Morgan fingerprint density at radius 2 is 1.92 bits per heavy atom. The van der Waals surface area contributed by atoms with Gasteiger partial charge in [0.25, 0.3) is 0 Å². The fourth-order valence-corrected chi connectivity index (χ4v) is 5.34. The minimum atomic E-state index is -0.771. The molecular formula is C18H31N3O3. The van der Waals surface area contributed by atoms with Crippen molar-refractivity contribution in [2.75, 3.05) is 32.7 Å². The molecule has 2 heterocycles. The van der Waals surface area contributed by atoms with Crippen LogP contribution in [-0.4, -0.2) is 76.6 Å². The first-order chi connectivity index (χ1) is 11.4. The number of hydrogen-bond acceptors (Lipinski definition) is 3. The van der Waals surface area contributed by atoms with E-state index in [1.807, 2.05) is 4.90 Å². The van der Waals surface area contributed by atoms with Crippen molar-refractivity contribution in [2.24, 2.45) is 11.3 Å². The van der Waals surface area contributed by atoms with Gasteiger partial charge < -0.3 is 14.9 Å². The van der Waals surface area contributed by atoms with Gasteiger partial charge in [-0.15, -0.1) is 0 Å². The third-order valence-corrected chi connectivity index (χ3v) is 6.97. The summed E-state index contributed by atoms with van der Waals surface area (Å²) in [7, 11) is 0. The molecule has 0 aromatic rings. The maximum absolute atomic E-state index is 11.7. The van der Waals surface area contributed by atoms with Crippen molar-refractivity contribution in [3.63, 3.8) is 0 Å². The second kappa shape index (κ2) is 6.54. The summed E-state index contributed by atoms with van der Waals surface area (Å²) in [4.78, 5) is 29.1. The molecule has 3 atom stereocenters. The number of carbonyl (C=O) groups excluding carboxylic acids is 1. The quantitative estimate of drug-likeness (QED) is 0.856. The summed E-state index contributed by atoms with van der Waals surface area (Å²) in [5.74, 6) is 0.750. The third-order valence-electron chi connectivity index (χ3n) is 6.97. The van der Waals surface area contributed by atoms with Gasteiger partial charge in [-0.3, -0.25) is 9.69 Å². The van der Waals surface area contributed by atoms with Crippen LogP contribution >= 0.6 is 0 Å². The van der Waals surface area contributed by atoms with Gasteiger partial charge in [-0.2, -0.15) is 0 Å². The largest absolute Gasteiger partial charge is 0.465 e. The first kappa shape index (κ1) is 17.5. The Bertz CT molecular complexity index is 504. The second-order valence-corrected chi connectivity index (χ2v) is 7.95. The van der Waals surface area contributed by atoms with Crippen molar-refractivity contribution in [1.82, 2.24) is 14.7 Å². The van der Waals surface area contributed by atoms with Crippen LogP contribution in [0, 0.1) is 11.3 Å². The van der Waals surface area contributed by atoms with Crippen molar-refractivity contribution in [3.8, 4) is 0 Å². The second-order valence-electron chi connectivity index (χ2n) is 7.95. The number of amides is 2. The van der Waals surface area contributed by atoms with E-state index in [4.69, 9.17) is 0 Å². The molecule has 6 heteroatoms. The molecule has 24 heavy (non-hydrogen) atoms. The summed E-state index contributed by atoms with van der Waals surface area (Å²) in [5, 5.41) is 9.20. The highest BCUT2D eigenvalue weighted by atomic mass is 16.4. The first-order valence-electron chi connectivity index (χ1n) is 9.37. The highest BCUT2D eigenvalue weighted by Gasteiger charge is 2.56. The van der Waals surface area contributed by atoms with Crippen LogP contribution in [0.3, 0.4) is 0 Å². The normalized spacial score (nSPS) is 34.4. The summed E-state index contributed by atoms with van der Waals surface area (Å²) >= 11 is 0. The number of nitrogens with zero attached hydrogens (tertiary/aromatic N) is 3. The molecule has 2 aliphatic heterocycles. The lowest BCUT2D eigenvalue weighted by molar-refractivity contribution is -0.132. The molecule has 136 valence electrons. The standard InChI is InChI=1S/C18H31N3O3/c1-4-21(14(3)22)15-5-8-19(9-6-15)16-11-18(13(16)2)7-10-20(12-18)17(23)24/h13,15-16H,4-12H2,1-3H3,(H,23,24). The van der Waals surface area contributed by atoms with Crippen molar-refractivity contribution in [1.29, 1.82) is 0 Å². The summed E-state index contributed by atoms with van der Waals surface area (Å²) in [6.07, 6.45) is 3.50. The van der Waals surface area contributed by atoms with Crippen LogP contribution in [-0.2, 0) is 4.79 Å². The summed E-state index contributed by atoms with van der Waals surface area (Å²) in [6.45, 7) is 10.3. The average Bonchev–Trinajstić information content (AvgIpc) is 3.01. The van der Waals surface area contributed by atoms with Crippen molar-refractivity contribution >= 4 is 12.0 Å². The van der Waals surface area contributed by atoms with E-state index in [-0.39, 0.29) is 11.3 Å². The molecule has 2 amide bonds. The van der Waals surface area contributed by atoms with Crippen LogP contribution in [0.5, 0.6) is 0 Å². The minimum Gasteiger partial charge on any atom is -0.465 e.